The molecule has 8 nitrogen and oxygen atoms in total. The number of hydrogen-bond acceptors (Lipinski definition) is 8. The second kappa shape index (κ2) is 7.46. The molecule has 0 aromatic rings. The molecule has 0 saturated carbocycles. The van der Waals surface area contributed by atoms with Crippen LogP contribution in [-0.4, -0.2) is 76.7 Å². The van der Waals surface area contributed by atoms with Crippen LogP contribution in [0, 0.1) is 0 Å². The molecule has 19 heavy (non-hydrogen) atoms. The van der Waals surface area contributed by atoms with Crippen molar-refractivity contribution in [3.8, 4) is 0 Å². The van der Waals surface area contributed by atoms with Gasteiger partial charge in [-0.2, -0.15) is 0 Å². The van der Waals surface area contributed by atoms with Crippen LogP contribution in [0.1, 0.15) is 13.8 Å². The van der Waals surface area contributed by atoms with Crippen LogP contribution >= 0.6 is 0 Å². The number of nitrogens with two attached hydrogens (primary N) is 1. The van der Waals surface area contributed by atoms with Crippen LogP contribution in [0.5, 0.6) is 0 Å². The summed E-state index contributed by atoms with van der Waals surface area (Å²) in [5.74, 6) is 0. The molecular weight excluding hydrogens is 258 g/mol. The minimum Gasteiger partial charge on any atom is -0.388 e. The van der Waals surface area contributed by atoms with Gasteiger partial charge < -0.3 is 40.4 Å². The first-order valence-electron chi connectivity index (χ1n) is 6.27. The Labute approximate surface area is 111 Å². The molecule has 0 aromatic carbocycles. The van der Waals surface area contributed by atoms with Crippen molar-refractivity contribution in [2.24, 2.45) is 5.73 Å². The zero-order chi connectivity index (χ0) is 14.6. The van der Waals surface area contributed by atoms with Crippen molar-refractivity contribution in [2.75, 3.05) is 13.2 Å². The lowest BCUT2D eigenvalue weighted by molar-refractivity contribution is -0.322. The smallest absolute Gasteiger partial charge is 0.186 e. The fraction of sp³-hybridized carbons (Fsp3) is 1.00. The average Bonchev–Trinajstić information content (AvgIpc) is 2.38. The van der Waals surface area contributed by atoms with Gasteiger partial charge in [0.2, 0.25) is 0 Å². The normalized spacial score (nSPS) is 39.0. The van der Waals surface area contributed by atoms with Gasteiger partial charge in [-0.15, -0.1) is 0 Å². The van der Waals surface area contributed by atoms with E-state index in [4.69, 9.17) is 19.9 Å². The Hall–Kier alpha value is -0.320. The molecule has 7 atom stereocenters. The highest BCUT2D eigenvalue weighted by molar-refractivity contribution is 4.91. The Morgan fingerprint density at radius 1 is 1.26 bits per heavy atom. The van der Waals surface area contributed by atoms with Gasteiger partial charge in [0.25, 0.3) is 0 Å². The second-order valence-corrected chi connectivity index (χ2v) is 4.45. The standard InChI is InChI=1S/C11H23NO7/c1-3-17-11-8(15)7(14)9(6(4-12)18-11)19-10(16)5(2)13/h5-11,13-16H,3-4,12H2,1-2H3. The first-order chi connectivity index (χ1) is 8.92. The second-order valence-electron chi connectivity index (χ2n) is 4.45. The highest BCUT2D eigenvalue weighted by atomic mass is 16.7. The third kappa shape index (κ3) is 4.07. The van der Waals surface area contributed by atoms with Crippen LogP contribution in [0.25, 0.3) is 0 Å². The number of hydrogen-bond donors (Lipinski definition) is 5. The van der Waals surface area contributed by atoms with Gasteiger partial charge in [0, 0.05) is 13.2 Å². The van der Waals surface area contributed by atoms with Crippen molar-refractivity contribution in [3.63, 3.8) is 0 Å². The molecule has 0 radical (unpaired) electrons. The van der Waals surface area contributed by atoms with Crippen molar-refractivity contribution in [3.05, 3.63) is 0 Å². The average molecular weight is 281 g/mol. The predicted octanol–water partition coefficient (Wildman–Crippen LogP) is -2.49. The van der Waals surface area contributed by atoms with Crippen LogP contribution in [-0.2, 0) is 14.2 Å². The molecule has 114 valence electrons. The van der Waals surface area contributed by atoms with Crippen molar-refractivity contribution >= 4 is 0 Å². The van der Waals surface area contributed by atoms with E-state index in [0.717, 1.165) is 0 Å². The van der Waals surface area contributed by atoms with E-state index in [0.29, 0.717) is 6.61 Å². The van der Waals surface area contributed by atoms with Crippen molar-refractivity contribution in [1.29, 1.82) is 0 Å². The molecule has 0 aliphatic carbocycles. The molecule has 1 aliphatic heterocycles. The van der Waals surface area contributed by atoms with Crippen LogP contribution in [0.15, 0.2) is 0 Å². The van der Waals surface area contributed by atoms with Gasteiger partial charge in [0.15, 0.2) is 12.6 Å². The predicted molar refractivity (Wildman–Crippen MR) is 63.9 cm³/mol. The number of aliphatic hydroxyl groups is 4. The fourth-order valence-electron chi connectivity index (χ4n) is 1.84. The molecule has 0 amide bonds. The monoisotopic (exact) mass is 281 g/mol. The topological polar surface area (TPSA) is 135 Å². The number of rotatable bonds is 6. The maximum atomic E-state index is 9.98. The van der Waals surface area contributed by atoms with E-state index in [2.05, 4.69) is 0 Å². The molecule has 0 bridgehead atoms. The van der Waals surface area contributed by atoms with E-state index in [1.807, 2.05) is 0 Å². The highest BCUT2D eigenvalue weighted by Crippen LogP contribution is 2.25. The Kier molecular flexibility index (Phi) is 6.57. The first kappa shape index (κ1) is 16.7. The summed E-state index contributed by atoms with van der Waals surface area (Å²) in [5, 5.41) is 38.5. The third-order valence-electron chi connectivity index (χ3n) is 2.91. The molecule has 1 fully saturated rings. The van der Waals surface area contributed by atoms with Crippen LogP contribution < -0.4 is 5.73 Å². The molecular formula is C11H23NO7. The van der Waals surface area contributed by atoms with Crippen LogP contribution in [0.4, 0.5) is 0 Å². The summed E-state index contributed by atoms with van der Waals surface area (Å²) in [6, 6.07) is 0. The van der Waals surface area contributed by atoms with Gasteiger partial charge in [-0.1, -0.05) is 0 Å². The number of ether oxygens (including phenoxy) is 3. The first-order valence-corrected chi connectivity index (χ1v) is 6.27. The molecule has 6 N–H and O–H groups in total. The Morgan fingerprint density at radius 2 is 1.89 bits per heavy atom. The van der Waals surface area contributed by atoms with Crippen molar-refractivity contribution < 1.29 is 34.6 Å². The zero-order valence-corrected chi connectivity index (χ0v) is 11.0. The van der Waals surface area contributed by atoms with Crippen molar-refractivity contribution in [1.82, 2.24) is 0 Å². The van der Waals surface area contributed by atoms with E-state index < -0.39 is 43.1 Å². The van der Waals surface area contributed by atoms with E-state index in [9.17, 15) is 20.4 Å². The van der Waals surface area contributed by atoms with E-state index >= 15 is 0 Å². The summed E-state index contributed by atoms with van der Waals surface area (Å²) in [6.45, 7) is 3.36. The summed E-state index contributed by atoms with van der Waals surface area (Å²) in [5.41, 5.74) is 5.51. The van der Waals surface area contributed by atoms with Gasteiger partial charge >= 0.3 is 0 Å². The van der Waals surface area contributed by atoms with Crippen LogP contribution in [0.3, 0.4) is 0 Å². The third-order valence-corrected chi connectivity index (χ3v) is 2.91. The maximum Gasteiger partial charge on any atom is 0.186 e. The summed E-state index contributed by atoms with van der Waals surface area (Å²) < 4.78 is 15.6. The molecule has 1 saturated heterocycles. The zero-order valence-electron chi connectivity index (χ0n) is 11.0. The Morgan fingerprint density at radius 3 is 2.37 bits per heavy atom. The van der Waals surface area contributed by atoms with Gasteiger partial charge in [-0.3, -0.25) is 0 Å². The van der Waals surface area contributed by atoms with Gasteiger partial charge in [-0.25, -0.2) is 0 Å². The Bertz CT molecular complexity index is 263. The molecule has 8 heteroatoms. The summed E-state index contributed by atoms with van der Waals surface area (Å²) in [6.07, 6.45) is -8.14. The molecule has 0 aromatic heterocycles. The lowest BCUT2D eigenvalue weighted by Gasteiger charge is -2.42. The summed E-state index contributed by atoms with van der Waals surface area (Å²) >= 11 is 0. The summed E-state index contributed by atoms with van der Waals surface area (Å²) in [7, 11) is 0. The minimum absolute atomic E-state index is 0.00451. The van der Waals surface area contributed by atoms with Gasteiger partial charge in [0.05, 0.1) is 0 Å². The molecule has 7 unspecified atom stereocenters. The van der Waals surface area contributed by atoms with Gasteiger partial charge in [0.1, 0.15) is 30.5 Å². The van der Waals surface area contributed by atoms with Gasteiger partial charge in [-0.05, 0) is 13.8 Å². The lowest BCUT2D eigenvalue weighted by atomic mass is 9.98. The maximum absolute atomic E-state index is 9.98. The summed E-state index contributed by atoms with van der Waals surface area (Å²) in [4.78, 5) is 0. The lowest BCUT2D eigenvalue weighted by Crippen LogP contribution is -2.61. The quantitative estimate of drug-likeness (QED) is 0.338. The molecule has 1 aliphatic rings. The Balaban J connectivity index is 2.74. The van der Waals surface area contributed by atoms with E-state index in [-0.39, 0.29) is 6.54 Å². The van der Waals surface area contributed by atoms with E-state index in [1.54, 1.807) is 6.92 Å². The largest absolute Gasteiger partial charge is 0.388 e. The van der Waals surface area contributed by atoms with E-state index in [1.165, 1.54) is 6.92 Å². The molecule has 1 heterocycles. The minimum atomic E-state index is -1.51. The molecule has 1 rings (SSSR count). The SMILES string of the molecule is CCOC1OC(CN)C(OC(O)C(C)O)C(O)C1O. The van der Waals surface area contributed by atoms with Crippen LogP contribution in [0.2, 0.25) is 0 Å². The fourth-order valence-corrected chi connectivity index (χ4v) is 1.84. The highest BCUT2D eigenvalue weighted by Gasteiger charge is 2.46. The number of aliphatic hydroxyl groups excluding tert-OH is 4. The van der Waals surface area contributed by atoms with Crippen molar-refractivity contribution in [2.45, 2.75) is 56.9 Å². The molecule has 0 spiro atoms.